The summed E-state index contributed by atoms with van der Waals surface area (Å²) in [5, 5.41) is 5.72. The lowest BCUT2D eigenvalue weighted by atomic mass is 9.65. The number of allylic oxidation sites excluding steroid dienone is 1. The second-order valence-electron chi connectivity index (χ2n) is 15.4. The molecule has 15 nitrogen and oxygen atoms in total. The van der Waals surface area contributed by atoms with Gasteiger partial charge in [0, 0.05) is 24.6 Å². The number of aryl methyl sites for hydroxylation is 2. The summed E-state index contributed by atoms with van der Waals surface area (Å²) in [7, 11) is -4.03. The standard InChI is InChI=1S/C38H45FN8O7S/c1-22-19-41-30(20-40-22)32(48)43-28-10-8-6-4-5-7-9-24-13-14-38(24,36(51)46-55(52,53)37(3)15-16-37)45-33(49)31-18-26(21-47(31)35(28)50)54-34-23(2)42-27-12-11-25(39)17-29(27)44-34/h7,9,11-12,17,19-20,24,26,28,31H,4-6,8,10,13-16,18,21H2,1-3H3,(H,43,48)(H,45,49)(H,46,51). The lowest BCUT2D eigenvalue weighted by molar-refractivity contribution is -0.144. The number of fused-ring (bicyclic) bond motifs is 3. The van der Waals surface area contributed by atoms with Crippen molar-refractivity contribution in [3.8, 4) is 5.88 Å². The van der Waals surface area contributed by atoms with E-state index in [4.69, 9.17) is 4.74 Å². The number of benzene rings is 1. The van der Waals surface area contributed by atoms with Gasteiger partial charge in [-0.05, 0) is 77.8 Å². The quantitative estimate of drug-likeness (QED) is 0.298. The van der Waals surface area contributed by atoms with Crippen LogP contribution >= 0.6 is 0 Å². The third-order valence-electron chi connectivity index (χ3n) is 11.3. The number of aromatic nitrogens is 4. The Hall–Kier alpha value is -5.06. The molecule has 0 spiro atoms. The van der Waals surface area contributed by atoms with E-state index in [1.165, 1.54) is 35.5 Å². The van der Waals surface area contributed by atoms with E-state index in [2.05, 4.69) is 35.3 Å². The Kier molecular flexibility index (Phi) is 10.3. The summed E-state index contributed by atoms with van der Waals surface area (Å²) in [5.74, 6) is -3.52. The maximum Gasteiger partial charge on any atom is 0.272 e. The molecular weight excluding hydrogens is 732 g/mol. The van der Waals surface area contributed by atoms with E-state index in [0.29, 0.717) is 49.0 Å². The molecule has 5 atom stereocenters. The van der Waals surface area contributed by atoms with Crippen LogP contribution in [0, 0.1) is 25.6 Å². The molecule has 2 aliphatic carbocycles. The number of nitrogens with zero attached hydrogens (tertiary/aromatic N) is 5. The number of halogens is 1. The van der Waals surface area contributed by atoms with Crippen molar-refractivity contribution in [1.82, 2.24) is 40.2 Å². The first-order valence-corrected chi connectivity index (χ1v) is 20.2. The van der Waals surface area contributed by atoms with Gasteiger partial charge in [-0.3, -0.25) is 28.9 Å². The Morgan fingerprint density at radius 2 is 1.82 bits per heavy atom. The molecule has 17 heteroatoms. The largest absolute Gasteiger partial charge is 0.471 e. The Morgan fingerprint density at radius 1 is 1.02 bits per heavy atom. The van der Waals surface area contributed by atoms with Crippen LogP contribution in [0.1, 0.15) is 93.0 Å². The fourth-order valence-corrected chi connectivity index (χ4v) is 8.74. The zero-order valence-electron chi connectivity index (χ0n) is 31.0. The van der Waals surface area contributed by atoms with Crippen LogP contribution in [0.2, 0.25) is 0 Å². The fraction of sp³-hybridized carbons (Fsp3) is 0.526. The number of ether oxygens (including phenoxy) is 1. The predicted octanol–water partition coefficient (Wildman–Crippen LogP) is 3.11. The minimum atomic E-state index is -4.03. The molecule has 4 aliphatic rings. The van der Waals surface area contributed by atoms with E-state index in [9.17, 15) is 32.0 Å². The topological polar surface area (TPSA) is 203 Å². The third-order valence-corrected chi connectivity index (χ3v) is 13.5. The van der Waals surface area contributed by atoms with E-state index >= 15 is 0 Å². The molecule has 0 bridgehead atoms. The molecule has 1 aromatic carbocycles. The molecule has 1 saturated heterocycles. The zero-order valence-corrected chi connectivity index (χ0v) is 31.8. The molecule has 5 unspecified atom stereocenters. The number of amides is 4. The fourth-order valence-electron chi connectivity index (χ4n) is 7.43. The number of nitrogens with one attached hydrogen (secondary N) is 3. The van der Waals surface area contributed by atoms with E-state index in [-0.39, 0.29) is 42.9 Å². The van der Waals surface area contributed by atoms with Gasteiger partial charge in [-0.2, -0.15) is 0 Å². The van der Waals surface area contributed by atoms with Crippen molar-refractivity contribution in [2.75, 3.05) is 6.54 Å². The monoisotopic (exact) mass is 776 g/mol. The Balaban J connectivity index is 1.21. The van der Waals surface area contributed by atoms with Crippen LogP contribution in [0.4, 0.5) is 4.39 Å². The highest BCUT2D eigenvalue weighted by Gasteiger charge is 2.58. The normalized spacial score (nSPS) is 26.7. The van der Waals surface area contributed by atoms with Crippen LogP contribution < -0.4 is 20.1 Å². The summed E-state index contributed by atoms with van der Waals surface area (Å²) in [6.45, 7) is 4.90. The second-order valence-corrected chi connectivity index (χ2v) is 17.6. The van der Waals surface area contributed by atoms with Gasteiger partial charge in [0.1, 0.15) is 40.9 Å². The first-order valence-electron chi connectivity index (χ1n) is 18.7. The molecule has 7 rings (SSSR count). The number of carbonyl (C=O) groups excluding carboxylic acids is 4. The summed E-state index contributed by atoms with van der Waals surface area (Å²) in [4.78, 5) is 75.1. The van der Waals surface area contributed by atoms with Crippen molar-refractivity contribution in [3.05, 3.63) is 65.6 Å². The van der Waals surface area contributed by atoms with Crippen LogP contribution in [-0.4, -0.2) is 91.9 Å². The lowest BCUT2D eigenvalue weighted by Crippen LogP contribution is -2.70. The first kappa shape index (κ1) is 38.2. The zero-order chi connectivity index (χ0) is 39.1. The highest BCUT2D eigenvalue weighted by atomic mass is 32.2. The predicted molar refractivity (Wildman–Crippen MR) is 197 cm³/mol. The number of sulfonamides is 1. The molecule has 4 amide bonds. The van der Waals surface area contributed by atoms with Crippen LogP contribution in [0.5, 0.6) is 5.88 Å². The maximum atomic E-state index is 14.6. The van der Waals surface area contributed by atoms with Gasteiger partial charge < -0.3 is 20.3 Å². The van der Waals surface area contributed by atoms with Gasteiger partial charge in [-0.25, -0.2) is 27.8 Å². The number of hydrogen-bond donors (Lipinski definition) is 3. The van der Waals surface area contributed by atoms with Gasteiger partial charge in [0.25, 0.3) is 11.8 Å². The van der Waals surface area contributed by atoms with E-state index in [1.54, 1.807) is 20.8 Å². The van der Waals surface area contributed by atoms with Gasteiger partial charge in [0.15, 0.2) is 0 Å². The minimum Gasteiger partial charge on any atom is -0.471 e. The summed E-state index contributed by atoms with van der Waals surface area (Å²) in [6.07, 6.45) is 10.3. The van der Waals surface area contributed by atoms with Crippen molar-refractivity contribution in [3.63, 3.8) is 0 Å². The lowest BCUT2D eigenvalue weighted by Gasteiger charge is -2.47. The molecule has 2 aliphatic heterocycles. The second kappa shape index (κ2) is 14.9. The number of rotatable bonds is 7. The van der Waals surface area contributed by atoms with Crippen LogP contribution in [0.15, 0.2) is 42.7 Å². The first-order chi connectivity index (χ1) is 26.2. The minimum absolute atomic E-state index is 0.0251. The van der Waals surface area contributed by atoms with E-state index in [0.717, 1.165) is 12.8 Å². The van der Waals surface area contributed by atoms with Crippen molar-refractivity contribution < 1.29 is 36.7 Å². The molecule has 3 fully saturated rings. The Bertz CT molecular complexity index is 2160. The molecule has 3 N–H and O–H groups in total. The molecule has 55 heavy (non-hydrogen) atoms. The van der Waals surface area contributed by atoms with Crippen molar-refractivity contribution in [2.24, 2.45) is 5.92 Å². The Labute approximate surface area is 318 Å². The van der Waals surface area contributed by atoms with Gasteiger partial charge in [0.2, 0.25) is 27.7 Å². The highest BCUT2D eigenvalue weighted by molar-refractivity contribution is 7.91. The third kappa shape index (κ3) is 7.75. The summed E-state index contributed by atoms with van der Waals surface area (Å²) >= 11 is 0. The van der Waals surface area contributed by atoms with Gasteiger partial charge in [-0.15, -0.1) is 0 Å². The van der Waals surface area contributed by atoms with Crippen molar-refractivity contribution in [1.29, 1.82) is 0 Å². The highest BCUT2D eigenvalue weighted by Crippen LogP contribution is 2.45. The molecule has 2 saturated carbocycles. The number of hydrogen-bond acceptors (Lipinski definition) is 11. The number of carbonyl (C=O) groups is 4. The molecule has 292 valence electrons. The van der Waals surface area contributed by atoms with Gasteiger partial charge in [0.05, 0.1) is 34.2 Å². The molecule has 2 aromatic heterocycles. The van der Waals surface area contributed by atoms with Crippen LogP contribution in [0.3, 0.4) is 0 Å². The van der Waals surface area contributed by atoms with Crippen LogP contribution in [0.25, 0.3) is 11.0 Å². The molecule has 3 aromatic rings. The molecule has 4 heterocycles. The summed E-state index contributed by atoms with van der Waals surface area (Å²) in [6, 6.07) is 1.79. The average molecular weight is 777 g/mol. The van der Waals surface area contributed by atoms with E-state index < -0.39 is 73.9 Å². The van der Waals surface area contributed by atoms with Crippen molar-refractivity contribution in [2.45, 2.75) is 113 Å². The van der Waals surface area contributed by atoms with Crippen molar-refractivity contribution >= 4 is 44.7 Å². The van der Waals surface area contributed by atoms with E-state index in [1.807, 2.05) is 12.2 Å². The smallest absolute Gasteiger partial charge is 0.272 e. The van der Waals surface area contributed by atoms with Gasteiger partial charge >= 0.3 is 0 Å². The summed E-state index contributed by atoms with van der Waals surface area (Å²) in [5.41, 5.74) is 0.190. The van der Waals surface area contributed by atoms with Gasteiger partial charge in [-0.1, -0.05) is 25.0 Å². The summed E-state index contributed by atoms with van der Waals surface area (Å²) < 4.78 is 48.1. The molecular formula is C38H45FN8O7S. The Morgan fingerprint density at radius 3 is 2.53 bits per heavy atom. The average Bonchev–Trinajstić information content (AvgIpc) is 3.77. The van der Waals surface area contributed by atoms with Crippen LogP contribution in [-0.2, 0) is 24.4 Å². The maximum absolute atomic E-state index is 14.6. The molecule has 0 radical (unpaired) electrons. The SMILES string of the molecule is Cc1cnc(C(=O)NC2CCCCCC=CC3CCC3(C(=O)NS(=O)(=O)C3(C)CC3)NC(=O)C3CC(Oc4nc5cc(F)ccc5nc4C)CN3C2=O)cn1.